The predicted octanol–water partition coefficient (Wildman–Crippen LogP) is 2.01. The van der Waals surface area contributed by atoms with Crippen molar-refractivity contribution in [3.63, 3.8) is 0 Å². The van der Waals surface area contributed by atoms with Crippen LogP contribution in [0.1, 0.15) is 18.9 Å². The largest absolute Gasteiger partial charge is 0.369 e. The molecular formula is C17H25ClN4O2. The van der Waals surface area contributed by atoms with Crippen molar-refractivity contribution in [2.24, 2.45) is 0 Å². The molecule has 0 spiro atoms. The van der Waals surface area contributed by atoms with E-state index in [1.807, 2.05) is 25.1 Å². The van der Waals surface area contributed by atoms with E-state index in [9.17, 15) is 9.59 Å². The number of urea groups is 1. The Kier molecular flexibility index (Phi) is 6.87. The van der Waals surface area contributed by atoms with Crippen molar-refractivity contribution in [1.29, 1.82) is 0 Å². The Hall–Kier alpha value is -1.79. The molecule has 1 aromatic rings. The van der Waals surface area contributed by atoms with Crippen LogP contribution in [0.2, 0.25) is 5.02 Å². The van der Waals surface area contributed by atoms with Crippen molar-refractivity contribution < 1.29 is 9.59 Å². The van der Waals surface area contributed by atoms with Crippen molar-refractivity contribution in [3.05, 3.63) is 28.8 Å². The molecule has 0 bridgehead atoms. The number of aryl methyl sites for hydroxylation is 1. The Morgan fingerprint density at radius 2 is 1.92 bits per heavy atom. The van der Waals surface area contributed by atoms with E-state index in [2.05, 4.69) is 27.4 Å². The highest BCUT2D eigenvalue weighted by molar-refractivity contribution is 6.30. The Morgan fingerprint density at radius 3 is 2.58 bits per heavy atom. The van der Waals surface area contributed by atoms with Gasteiger partial charge in [0.05, 0.1) is 6.54 Å². The molecule has 0 atom stereocenters. The lowest BCUT2D eigenvalue weighted by Crippen LogP contribution is -2.51. The molecule has 1 saturated heterocycles. The molecule has 1 fully saturated rings. The Balaban J connectivity index is 1.79. The highest BCUT2D eigenvalue weighted by Crippen LogP contribution is 2.25. The van der Waals surface area contributed by atoms with Crippen LogP contribution in [-0.4, -0.2) is 56.1 Å². The number of piperazine rings is 1. The summed E-state index contributed by atoms with van der Waals surface area (Å²) in [7, 11) is 0. The first kappa shape index (κ1) is 18.5. The number of nitrogens with zero attached hydrogens (tertiary/aromatic N) is 2. The summed E-state index contributed by atoms with van der Waals surface area (Å²) in [6.07, 6.45) is 0.840. The summed E-state index contributed by atoms with van der Waals surface area (Å²) in [5.41, 5.74) is 2.34. The van der Waals surface area contributed by atoms with Gasteiger partial charge in [0, 0.05) is 43.4 Å². The highest BCUT2D eigenvalue weighted by atomic mass is 35.5. The van der Waals surface area contributed by atoms with Gasteiger partial charge < -0.3 is 10.2 Å². The third-order valence-electron chi connectivity index (χ3n) is 4.04. The average molecular weight is 353 g/mol. The van der Waals surface area contributed by atoms with E-state index in [4.69, 9.17) is 11.6 Å². The molecule has 6 nitrogen and oxygen atoms in total. The van der Waals surface area contributed by atoms with Gasteiger partial charge in [-0.05, 0) is 31.0 Å². The number of halogens is 1. The normalized spacial score (nSPS) is 15.2. The Morgan fingerprint density at radius 1 is 1.21 bits per heavy atom. The standard InChI is InChI=1S/C17H25ClN4O2/c1-3-6-19-17(24)20-16(23)12-21-7-9-22(10-8-21)15-11-14(18)5-4-13(15)2/h4-5,11H,3,6-10,12H2,1-2H3,(H2,19,20,23,24). The van der Waals surface area contributed by atoms with Crippen LogP contribution < -0.4 is 15.5 Å². The third-order valence-corrected chi connectivity index (χ3v) is 4.27. The fourth-order valence-electron chi connectivity index (χ4n) is 2.72. The summed E-state index contributed by atoms with van der Waals surface area (Å²) < 4.78 is 0. The molecule has 1 aromatic carbocycles. The van der Waals surface area contributed by atoms with Crippen molar-refractivity contribution in [1.82, 2.24) is 15.5 Å². The molecule has 1 aliphatic heterocycles. The van der Waals surface area contributed by atoms with E-state index in [0.717, 1.165) is 43.3 Å². The van der Waals surface area contributed by atoms with Crippen molar-refractivity contribution in [2.75, 3.05) is 44.2 Å². The second-order valence-electron chi connectivity index (χ2n) is 6.00. The molecule has 1 heterocycles. The lowest BCUT2D eigenvalue weighted by atomic mass is 10.1. The van der Waals surface area contributed by atoms with Crippen molar-refractivity contribution in [3.8, 4) is 0 Å². The summed E-state index contributed by atoms with van der Waals surface area (Å²) in [5.74, 6) is -0.268. The summed E-state index contributed by atoms with van der Waals surface area (Å²) >= 11 is 6.09. The molecule has 2 rings (SSSR count). The number of benzene rings is 1. The number of rotatable bonds is 5. The fourth-order valence-corrected chi connectivity index (χ4v) is 2.89. The average Bonchev–Trinajstić information content (AvgIpc) is 2.56. The van der Waals surface area contributed by atoms with Crippen LogP contribution in [0.25, 0.3) is 0 Å². The smallest absolute Gasteiger partial charge is 0.321 e. The number of carbonyl (C=O) groups is 2. The number of imide groups is 1. The predicted molar refractivity (Wildman–Crippen MR) is 96.7 cm³/mol. The Labute approximate surface area is 148 Å². The molecule has 0 saturated carbocycles. The van der Waals surface area contributed by atoms with Gasteiger partial charge in [-0.1, -0.05) is 24.6 Å². The third kappa shape index (κ3) is 5.39. The number of hydrogen-bond acceptors (Lipinski definition) is 4. The number of nitrogens with one attached hydrogen (secondary N) is 2. The summed E-state index contributed by atoms with van der Waals surface area (Å²) in [5, 5.41) is 5.72. The minimum atomic E-state index is -0.421. The monoisotopic (exact) mass is 352 g/mol. The molecule has 2 N–H and O–H groups in total. The van der Waals surface area contributed by atoms with E-state index in [1.54, 1.807) is 0 Å². The SMILES string of the molecule is CCCNC(=O)NC(=O)CN1CCN(c2cc(Cl)ccc2C)CC1. The lowest BCUT2D eigenvalue weighted by molar-refractivity contribution is -0.121. The first-order valence-corrected chi connectivity index (χ1v) is 8.68. The molecule has 0 aliphatic carbocycles. The number of amides is 3. The van der Waals surface area contributed by atoms with E-state index in [-0.39, 0.29) is 12.5 Å². The van der Waals surface area contributed by atoms with Gasteiger partial charge in [-0.3, -0.25) is 15.0 Å². The second-order valence-corrected chi connectivity index (χ2v) is 6.43. The zero-order valence-electron chi connectivity index (χ0n) is 14.3. The van der Waals surface area contributed by atoms with E-state index >= 15 is 0 Å². The maximum Gasteiger partial charge on any atom is 0.321 e. The summed E-state index contributed by atoms with van der Waals surface area (Å²) in [4.78, 5) is 27.7. The molecule has 24 heavy (non-hydrogen) atoms. The number of carbonyl (C=O) groups excluding carboxylic acids is 2. The zero-order valence-corrected chi connectivity index (χ0v) is 15.0. The van der Waals surface area contributed by atoms with Gasteiger partial charge in [-0.2, -0.15) is 0 Å². The van der Waals surface area contributed by atoms with Gasteiger partial charge in [0.25, 0.3) is 0 Å². The van der Waals surface area contributed by atoms with Gasteiger partial charge in [-0.25, -0.2) is 4.79 Å². The molecule has 0 unspecified atom stereocenters. The van der Waals surface area contributed by atoms with Gasteiger partial charge in [0.15, 0.2) is 0 Å². The van der Waals surface area contributed by atoms with Crippen LogP contribution in [0.15, 0.2) is 18.2 Å². The topological polar surface area (TPSA) is 64.7 Å². The van der Waals surface area contributed by atoms with Crippen LogP contribution in [0.4, 0.5) is 10.5 Å². The molecule has 0 aromatic heterocycles. The molecule has 3 amide bonds. The lowest BCUT2D eigenvalue weighted by Gasteiger charge is -2.36. The van der Waals surface area contributed by atoms with Gasteiger partial charge >= 0.3 is 6.03 Å². The highest BCUT2D eigenvalue weighted by Gasteiger charge is 2.21. The van der Waals surface area contributed by atoms with Gasteiger partial charge in [0.1, 0.15) is 0 Å². The minimum absolute atomic E-state index is 0.238. The number of anilines is 1. The number of hydrogen-bond donors (Lipinski definition) is 2. The van der Waals surface area contributed by atoms with Gasteiger partial charge in [0.2, 0.25) is 5.91 Å². The van der Waals surface area contributed by atoms with E-state index in [1.165, 1.54) is 5.56 Å². The quantitative estimate of drug-likeness (QED) is 0.850. The Bertz CT molecular complexity index is 586. The van der Waals surface area contributed by atoms with Gasteiger partial charge in [-0.15, -0.1) is 0 Å². The van der Waals surface area contributed by atoms with E-state index in [0.29, 0.717) is 6.54 Å². The molecule has 1 aliphatic rings. The van der Waals surface area contributed by atoms with Crippen LogP contribution >= 0.6 is 11.6 Å². The van der Waals surface area contributed by atoms with Crippen molar-refractivity contribution >= 4 is 29.2 Å². The van der Waals surface area contributed by atoms with Crippen LogP contribution in [0.5, 0.6) is 0 Å². The molecule has 0 radical (unpaired) electrons. The van der Waals surface area contributed by atoms with E-state index < -0.39 is 6.03 Å². The summed E-state index contributed by atoms with van der Waals surface area (Å²) in [6.45, 7) is 8.04. The zero-order chi connectivity index (χ0) is 17.5. The molecular weight excluding hydrogens is 328 g/mol. The minimum Gasteiger partial charge on any atom is -0.369 e. The first-order chi connectivity index (χ1) is 11.5. The van der Waals surface area contributed by atoms with Crippen LogP contribution in [-0.2, 0) is 4.79 Å². The maximum absolute atomic E-state index is 11.9. The second kappa shape index (κ2) is 8.89. The van der Waals surface area contributed by atoms with Crippen LogP contribution in [0, 0.1) is 6.92 Å². The molecule has 132 valence electrons. The molecule has 7 heteroatoms. The fraction of sp³-hybridized carbons (Fsp3) is 0.529. The summed E-state index contributed by atoms with van der Waals surface area (Å²) in [6, 6.07) is 5.48. The maximum atomic E-state index is 11.9. The first-order valence-electron chi connectivity index (χ1n) is 8.30. The van der Waals surface area contributed by atoms with Crippen molar-refractivity contribution in [2.45, 2.75) is 20.3 Å². The van der Waals surface area contributed by atoms with Crippen LogP contribution in [0.3, 0.4) is 0 Å².